The zero-order valence-corrected chi connectivity index (χ0v) is 13.5. The summed E-state index contributed by atoms with van der Waals surface area (Å²) in [5.41, 5.74) is 1.85. The van der Waals surface area contributed by atoms with Gasteiger partial charge in [-0.2, -0.15) is 0 Å². The molecule has 0 fully saturated rings. The number of rotatable bonds is 1. The highest BCUT2D eigenvalue weighted by atomic mass is 32.1. The molecule has 0 saturated carbocycles. The van der Waals surface area contributed by atoms with Gasteiger partial charge in [0, 0.05) is 10.4 Å². The van der Waals surface area contributed by atoms with E-state index in [0.717, 1.165) is 35.0 Å². The summed E-state index contributed by atoms with van der Waals surface area (Å²) < 4.78 is 13.1. The monoisotopic (exact) mass is 328 g/mol. The van der Waals surface area contributed by atoms with Crippen LogP contribution in [0.25, 0.3) is 21.6 Å². The van der Waals surface area contributed by atoms with Gasteiger partial charge in [-0.25, -0.2) is 9.37 Å². The van der Waals surface area contributed by atoms with Crippen molar-refractivity contribution in [1.82, 2.24) is 9.97 Å². The quantitative estimate of drug-likeness (QED) is 0.717. The molecule has 118 valence electrons. The van der Waals surface area contributed by atoms with Gasteiger partial charge in [0.15, 0.2) is 0 Å². The first kappa shape index (κ1) is 14.6. The summed E-state index contributed by atoms with van der Waals surface area (Å²) in [6.07, 6.45) is 6.83. The minimum atomic E-state index is -0.295. The highest BCUT2D eigenvalue weighted by Crippen LogP contribution is 2.33. The lowest BCUT2D eigenvalue weighted by Crippen LogP contribution is -2.10. The van der Waals surface area contributed by atoms with E-state index >= 15 is 0 Å². The smallest absolute Gasteiger partial charge is 0.260 e. The minimum Gasteiger partial charge on any atom is -0.306 e. The van der Waals surface area contributed by atoms with Gasteiger partial charge in [0.2, 0.25) is 0 Å². The fourth-order valence-electron chi connectivity index (χ4n) is 3.26. The van der Waals surface area contributed by atoms with Gasteiger partial charge in [-0.3, -0.25) is 4.79 Å². The number of aryl methyl sites for hydroxylation is 2. The third-order valence-electron chi connectivity index (χ3n) is 4.44. The van der Waals surface area contributed by atoms with Crippen LogP contribution in [-0.2, 0) is 12.8 Å². The molecule has 0 amide bonds. The Kier molecular flexibility index (Phi) is 3.73. The summed E-state index contributed by atoms with van der Waals surface area (Å²) in [5, 5.41) is 0.762. The Morgan fingerprint density at radius 2 is 1.78 bits per heavy atom. The molecule has 5 heteroatoms. The number of hydrogen-bond donors (Lipinski definition) is 1. The molecule has 2 heterocycles. The molecule has 1 aromatic carbocycles. The second-order valence-electron chi connectivity index (χ2n) is 6.02. The molecule has 1 aliphatic rings. The van der Waals surface area contributed by atoms with Crippen molar-refractivity contribution < 1.29 is 4.39 Å². The maximum atomic E-state index is 13.1. The van der Waals surface area contributed by atoms with E-state index in [4.69, 9.17) is 0 Å². The number of halogens is 1. The minimum absolute atomic E-state index is 0.0765. The van der Waals surface area contributed by atoms with Crippen LogP contribution < -0.4 is 5.56 Å². The van der Waals surface area contributed by atoms with Crippen LogP contribution in [0, 0.1) is 5.82 Å². The van der Waals surface area contributed by atoms with Gasteiger partial charge in [-0.15, -0.1) is 11.3 Å². The van der Waals surface area contributed by atoms with Crippen molar-refractivity contribution in [1.29, 1.82) is 0 Å². The molecule has 1 N–H and O–H groups in total. The Labute approximate surface area is 137 Å². The zero-order valence-electron chi connectivity index (χ0n) is 12.7. The molecular formula is C18H17FN2OS. The van der Waals surface area contributed by atoms with Crippen molar-refractivity contribution in [3.05, 3.63) is 50.9 Å². The van der Waals surface area contributed by atoms with Crippen LogP contribution in [0.4, 0.5) is 4.39 Å². The van der Waals surface area contributed by atoms with Crippen molar-refractivity contribution >= 4 is 21.6 Å². The van der Waals surface area contributed by atoms with Gasteiger partial charge < -0.3 is 4.98 Å². The molecule has 3 nitrogen and oxygen atoms in total. The number of nitrogens with one attached hydrogen (secondary N) is 1. The van der Waals surface area contributed by atoms with Crippen LogP contribution >= 0.6 is 11.3 Å². The van der Waals surface area contributed by atoms with E-state index < -0.39 is 0 Å². The summed E-state index contributed by atoms with van der Waals surface area (Å²) >= 11 is 1.64. The summed E-state index contributed by atoms with van der Waals surface area (Å²) in [5.74, 6) is 0.216. The van der Waals surface area contributed by atoms with Gasteiger partial charge in [-0.1, -0.05) is 12.8 Å². The Bertz CT molecular complexity index is 911. The molecule has 3 aromatic rings. The number of benzene rings is 1. The van der Waals surface area contributed by atoms with E-state index in [-0.39, 0.29) is 11.4 Å². The van der Waals surface area contributed by atoms with Gasteiger partial charge in [0.05, 0.1) is 5.39 Å². The van der Waals surface area contributed by atoms with Gasteiger partial charge >= 0.3 is 0 Å². The lowest BCUT2D eigenvalue weighted by Gasteiger charge is -2.08. The number of thiophene rings is 1. The summed E-state index contributed by atoms with van der Waals surface area (Å²) in [6, 6.07) is 6.05. The van der Waals surface area contributed by atoms with Crippen LogP contribution in [0.2, 0.25) is 0 Å². The number of nitrogens with zero attached hydrogens (tertiary/aromatic N) is 1. The largest absolute Gasteiger partial charge is 0.306 e. The molecule has 0 atom stereocenters. The predicted octanol–water partition coefficient (Wildman–Crippen LogP) is 4.45. The standard InChI is InChI=1S/C18H17FN2OS/c19-12-9-7-11(8-10-12)16-20-17(22)15-13-5-3-1-2-4-6-14(13)23-18(15)21-16/h7-10H,1-6H2,(H,20,21,22). The highest BCUT2D eigenvalue weighted by Gasteiger charge is 2.18. The lowest BCUT2D eigenvalue weighted by molar-refractivity contribution is 0.623. The van der Waals surface area contributed by atoms with E-state index in [1.807, 2.05) is 0 Å². The molecule has 0 bridgehead atoms. The van der Waals surface area contributed by atoms with Crippen molar-refractivity contribution in [3.63, 3.8) is 0 Å². The fourth-order valence-corrected chi connectivity index (χ4v) is 4.52. The van der Waals surface area contributed by atoms with E-state index in [0.29, 0.717) is 5.82 Å². The maximum absolute atomic E-state index is 13.1. The number of hydrogen-bond acceptors (Lipinski definition) is 3. The molecule has 2 aromatic heterocycles. The molecule has 0 radical (unpaired) electrons. The number of fused-ring (bicyclic) bond motifs is 3. The van der Waals surface area contributed by atoms with E-state index in [9.17, 15) is 9.18 Å². The second-order valence-corrected chi connectivity index (χ2v) is 7.10. The average molecular weight is 328 g/mol. The molecule has 0 spiro atoms. The number of aromatic amines is 1. The molecule has 0 saturated heterocycles. The second kappa shape index (κ2) is 5.89. The average Bonchev–Trinajstić information content (AvgIpc) is 2.85. The molecule has 0 unspecified atom stereocenters. The fraction of sp³-hybridized carbons (Fsp3) is 0.333. The van der Waals surface area contributed by atoms with Crippen molar-refractivity contribution in [3.8, 4) is 11.4 Å². The first-order valence-corrected chi connectivity index (χ1v) is 8.84. The first-order chi connectivity index (χ1) is 11.2. The lowest BCUT2D eigenvalue weighted by atomic mass is 9.98. The van der Waals surface area contributed by atoms with Crippen LogP contribution in [0.5, 0.6) is 0 Å². The third-order valence-corrected chi connectivity index (χ3v) is 5.63. The van der Waals surface area contributed by atoms with Crippen LogP contribution in [0.3, 0.4) is 0 Å². The van der Waals surface area contributed by atoms with E-state index in [1.165, 1.54) is 41.8 Å². The Balaban J connectivity index is 1.88. The molecule has 1 aliphatic carbocycles. The van der Waals surface area contributed by atoms with Gasteiger partial charge in [0.25, 0.3) is 5.56 Å². The summed E-state index contributed by atoms with van der Waals surface area (Å²) in [6.45, 7) is 0. The topological polar surface area (TPSA) is 45.8 Å². The molecular weight excluding hydrogens is 311 g/mol. The molecule has 0 aliphatic heterocycles. The third kappa shape index (κ3) is 2.70. The summed E-state index contributed by atoms with van der Waals surface area (Å²) in [7, 11) is 0. The van der Waals surface area contributed by atoms with Gasteiger partial charge in [-0.05, 0) is 55.5 Å². The van der Waals surface area contributed by atoms with E-state index in [1.54, 1.807) is 23.5 Å². The number of H-pyrrole nitrogens is 1. The Morgan fingerprint density at radius 1 is 1.04 bits per heavy atom. The van der Waals surface area contributed by atoms with Gasteiger partial charge in [0.1, 0.15) is 16.5 Å². The number of aromatic nitrogens is 2. The van der Waals surface area contributed by atoms with Crippen LogP contribution in [0.1, 0.15) is 36.1 Å². The summed E-state index contributed by atoms with van der Waals surface area (Å²) in [4.78, 5) is 22.2. The first-order valence-electron chi connectivity index (χ1n) is 8.03. The normalized spacial score (nSPS) is 15.2. The molecule has 23 heavy (non-hydrogen) atoms. The van der Waals surface area contributed by atoms with E-state index in [2.05, 4.69) is 9.97 Å². The molecule has 4 rings (SSSR count). The van der Waals surface area contributed by atoms with Crippen molar-refractivity contribution in [2.24, 2.45) is 0 Å². The highest BCUT2D eigenvalue weighted by molar-refractivity contribution is 7.18. The Hall–Kier alpha value is -2.01. The van der Waals surface area contributed by atoms with Crippen LogP contribution in [-0.4, -0.2) is 9.97 Å². The Morgan fingerprint density at radius 3 is 2.57 bits per heavy atom. The predicted molar refractivity (Wildman–Crippen MR) is 91.5 cm³/mol. The van der Waals surface area contributed by atoms with Crippen molar-refractivity contribution in [2.75, 3.05) is 0 Å². The zero-order chi connectivity index (χ0) is 15.8. The van der Waals surface area contributed by atoms with Crippen LogP contribution in [0.15, 0.2) is 29.1 Å². The maximum Gasteiger partial charge on any atom is 0.260 e. The van der Waals surface area contributed by atoms with Crippen molar-refractivity contribution in [2.45, 2.75) is 38.5 Å². The SMILES string of the molecule is O=c1[nH]c(-c2ccc(F)cc2)nc2sc3c(c12)CCCCCC3.